The molecule has 0 radical (unpaired) electrons. The summed E-state index contributed by atoms with van der Waals surface area (Å²) in [5, 5.41) is 18.8. The lowest BCUT2D eigenvalue weighted by atomic mass is 9.43. The van der Waals surface area contributed by atoms with Gasteiger partial charge in [-0.1, -0.05) is 51.1 Å². The van der Waals surface area contributed by atoms with E-state index in [1.165, 1.54) is 58.5 Å². The van der Waals surface area contributed by atoms with Crippen molar-refractivity contribution in [3.63, 3.8) is 0 Å². The molecule has 4 aliphatic rings. The number of fused-ring (bicyclic) bond motifs is 5. The van der Waals surface area contributed by atoms with Gasteiger partial charge in [-0.15, -0.1) is 0 Å². The molecule has 0 unspecified atom stereocenters. The number of amides is 1. The Morgan fingerprint density at radius 3 is 2.47 bits per heavy atom. The van der Waals surface area contributed by atoms with Crippen molar-refractivity contribution >= 4 is 11.9 Å². The number of carbonyl (C=O) groups excluding carboxylic acids is 2. The van der Waals surface area contributed by atoms with Crippen LogP contribution in [0.3, 0.4) is 0 Å². The van der Waals surface area contributed by atoms with Gasteiger partial charge in [-0.05, 0) is 156 Å². The lowest BCUT2D eigenvalue weighted by Crippen LogP contribution is -2.59. The van der Waals surface area contributed by atoms with E-state index in [1.54, 1.807) is 0 Å². The summed E-state index contributed by atoms with van der Waals surface area (Å²) in [4.78, 5) is 28.0. The van der Waals surface area contributed by atoms with Crippen LogP contribution in [0.4, 0.5) is 0 Å². The maximum atomic E-state index is 13.1. The normalized spacial score (nSPS) is 35.1. The second-order valence-corrected chi connectivity index (χ2v) is 17.1. The number of hydrogen-bond donors (Lipinski definition) is 4. The second-order valence-electron chi connectivity index (χ2n) is 17.1. The van der Waals surface area contributed by atoms with Gasteiger partial charge in [0.15, 0.2) is 0 Å². The molecule has 0 bridgehead atoms. The number of esters is 1. The SMILES string of the molecule is COC(=O)[C@H](Cc1ccccc1)NC(=O)CC[C@@H](C)[C@H]1CC[C@H]2[C@@H]3[C@H](O)C[C@@H]4C[C@@H](NCCCN(C)CCCN)CC[C@]4(C)[C@H]3CC[C@]12C. The quantitative estimate of drug-likeness (QED) is 0.133. The molecule has 11 atom stereocenters. The topological polar surface area (TPSA) is 117 Å². The molecule has 0 spiro atoms. The largest absolute Gasteiger partial charge is 0.467 e. The van der Waals surface area contributed by atoms with Crippen LogP contribution in [0.2, 0.25) is 0 Å². The first-order valence-electron chi connectivity index (χ1n) is 19.7. The first kappa shape index (κ1) is 38.2. The van der Waals surface area contributed by atoms with Crippen molar-refractivity contribution in [2.75, 3.05) is 40.3 Å². The van der Waals surface area contributed by atoms with Crippen molar-refractivity contribution in [2.24, 2.45) is 52.1 Å². The van der Waals surface area contributed by atoms with E-state index < -0.39 is 12.0 Å². The second kappa shape index (κ2) is 17.0. The summed E-state index contributed by atoms with van der Waals surface area (Å²) in [5.74, 6) is 2.64. The summed E-state index contributed by atoms with van der Waals surface area (Å²) >= 11 is 0. The van der Waals surface area contributed by atoms with Gasteiger partial charge in [-0.3, -0.25) is 4.79 Å². The van der Waals surface area contributed by atoms with E-state index in [-0.39, 0.29) is 17.4 Å². The van der Waals surface area contributed by atoms with Gasteiger partial charge >= 0.3 is 5.97 Å². The Hall–Kier alpha value is -2.00. The average molecular weight is 681 g/mol. The Balaban J connectivity index is 1.13. The molecule has 1 aromatic rings. The highest BCUT2D eigenvalue weighted by Crippen LogP contribution is 2.68. The highest BCUT2D eigenvalue weighted by molar-refractivity contribution is 5.84. The van der Waals surface area contributed by atoms with Gasteiger partial charge < -0.3 is 31.1 Å². The number of aliphatic hydroxyl groups excluding tert-OH is 1. The molecule has 1 amide bonds. The third-order valence-electron chi connectivity index (χ3n) is 14.3. The van der Waals surface area contributed by atoms with E-state index in [0.29, 0.717) is 59.8 Å². The summed E-state index contributed by atoms with van der Waals surface area (Å²) in [6, 6.07) is 9.66. The molecular weight excluding hydrogens is 612 g/mol. The fourth-order valence-corrected chi connectivity index (χ4v) is 11.5. The number of nitrogens with one attached hydrogen (secondary N) is 2. The van der Waals surface area contributed by atoms with Crippen molar-refractivity contribution in [3.8, 4) is 0 Å². The monoisotopic (exact) mass is 681 g/mol. The van der Waals surface area contributed by atoms with Crippen LogP contribution in [0.25, 0.3) is 0 Å². The number of ether oxygens (including phenoxy) is 1. The Kier molecular flexibility index (Phi) is 13.3. The van der Waals surface area contributed by atoms with Gasteiger partial charge in [0.1, 0.15) is 6.04 Å². The van der Waals surface area contributed by atoms with E-state index in [4.69, 9.17) is 10.5 Å². The Bertz CT molecular complexity index is 1220. The van der Waals surface area contributed by atoms with Crippen LogP contribution in [0.1, 0.15) is 103 Å². The zero-order valence-corrected chi connectivity index (χ0v) is 31.3. The third kappa shape index (κ3) is 8.73. The van der Waals surface area contributed by atoms with Gasteiger partial charge in [0.25, 0.3) is 0 Å². The molecule has 8 heteroatoms. The number of nitrogens with zero attached hydrogens (tertiary/aromatic N) is 1. The minimum absolute atomic E-state index is 0.0804. The van der Waals surface area contributed by atoms with Crippen LogP contribution in [0.15, 0.2) is 30.3 Å². The van der Waals surface area contributed by atoms with Crippen molar-refractivity contribution < 1.29 is 19.4 Å². The van der Waals surface area contributed by atoms with E-state index in [9.17, 15) is 14.7 Å². The number of nitrogens with two attached hydrogens (primary N) is 1. The van der Waals surface area contributed by atoms with Crippen molar-refractivity contribution in [1.29, 1.82) is 0 Å². The van der Waals surface area contributed by atoms with Crippen molar-refractivity contribution in [1.82, 2.24) is 15.5 Å². The van der Waals surface area contributed by atoms with Crippen LogP contribution >= 0.6 is 0 Å². The van der Waals surface area contributed by atoms with E-state index in [1.807, 2.05) is 30.3 Å². The Labute approximate surface area is 297 Å². The van der Waals surface area contributed by atoms with Crippen LogP contribution < -0.4 is 16.4 Å². The molecule has 0 aromatic heterocycles. The lowest BCUT2D eigenvalue weighted by Gasteiger charge is -2.62. The molecule has 0 aliphatic heterocycles. The molecule has 4 fully saturated rings. The molecule has 1 aromatic carbocycles. The predicted molar refractivity (Wildman–Crippen MR) is 197 cm³/mol. The molecule has 49 heavy (non-hydrogen) atoms. The fourth-order valence-electron chi connectivity index (χ4n) is 11.5. The zero-order chi connectivity index (χ0) is 35.2. The minimum Gasteiger partial charge on any atom is -0.467 e. The number of carbonyl (C=O) groups is 2. The molecule has 276 valence electrons. The number of benzene rings is 1. The minimum atomic E-state index is -0.679. The number of methoxy groups -OCH3 is 1. The number of rotatable bonds is 16. The van der Waals surface area contributed by atoms with Crippen LogP contribution in [0, 0.1) is 46.3 Å². The Morgan fingerprint density at radius 1 is 1.02 bits per heavy atom. The van der Waals surface area contributed by atoms with Crippen LogP contribution in [0.5, 0.6) is 0 Å². The van der Waals surface area contributed by atoms with E-state index >= 15 is 0 Å². The van der Waals surface area contributed by atoms with Gasteiger partial charge in [0.2, 0.25) is 5.91 Å². The molecule has 8 nitrogen and oxygen atoms in total. The fraction of sp³-hybridized carbons (Fsp3) is 0.805. The van der Waals surface area contributed by atoms with E-state index in [2.05, 4.69) is 43.4 Å². The smallest absolute Gasteiger partial charge is 0.328 e. The molecule has 5 N–H and O–H groups in total. The Morgan fingerprint density at radius 2 is 1.73 bits per heavy atom. The van der Waals surface area contributed by atoms with Crippen molar-refractivity contribution in [2.45, 2.75) is 122 Å². The van der Waals surface area contributed by atoms with Gasteiger partial charge in [-0.2, -0.15) is 0 Å². The summed E-state index contributed by atoms with van der Waals surface area (Å²) < 4.78 is 5.02. The summed E-state index contributed by atoms with van der Waals surface area (Å²) in [6.45, 7) is 11.4. The highest BCUT2D eigenvalue weighted by Gasteiger charge is 2.62. The molecule has 0 saturated heterocycles. The number of aliphatic hydroxyl groups is 1. The van der Waals surface area contributed by atoms with Crippen LogP contribution in [-0.2, 0) is 20.7 Å². The summed E-state index contributed by atoms with van der Waals surface area (Å²) in [5.41, 5.74) is 7.20. The van der Waals surface area contributed by atoms with E-state index in [0.717, 1.165) is 51.0 Å². The molecule has 4 saturated carbocycles. The highest BCUT2D eigenvalue weighted by atomic mass is 16.5. The third-order valence-corrected chi connectivity index (χ3v) is 14.3. The molecular formula is C41H68N4O4. The lowest BCUT2D eigenvalue weighted by molar-refractivity contribution is -0.167. The summed E-state index contributed by atoms with van der Waals surface area (Å²) in [6.07, 6.45) is 13.2. The van der Waals surface area contributed by atoms with Crippen LogP contribution in [-0.4, -0.2) is 80.4 Å². The molecule has 5 rings (SSSR count). The average Bonchev–Trinajstić information content (AvgIpc) is 3.45. The van der Waals surface area contributed by atoms with Gasteiger partial charge in [0.05, 0.1) is 13.2 Å². The first-order chi connectivity index (χ1) is 23.5. The van der Waals surface area contributed by atoms with Crippen molar-refractivity contribution in [3.05, 3.63) is 35.9 Å². The van der Waals surface area contributed by atoms with Gasteiger partial charge in [-0.25, -0.2) is 4.79 Å². The van der Waals surface area contributed by atoms with Gasteiger partial charge in [0, 0.05) is 18.9 Å². The molecule has 4 aliphatic carbocycles. The molecule has 0 heterocycles. The maximum absolute atomic E-state index is 13.1. The zero-order valence-electron chi connectivity index (χ0n) is 31.3. The maximum Gasteiger partial charge on any atom is 0.328 e. The standard InChI is InChI=1S/C41H68N4O4/c1-28(13-16-37(47)44-35(39(48)49-5)25-29-11-7-6-8-12-29)32-14-15-33-38-34(18-20-41(32,33)3)40(2)19-17-31(26-30(40)27-36(38)46)43-22-10-24-45(4)23-9-21-42/h6-8,11-12,28,30-36,38,43,46H,9-10,13-27,42H2,1-5H3,(H,44,47)/t28-,30+,31+,32-,33+,34+,35+,36-,38+,40+,41-/m1/s1. The number of hydrogen-bond acceptors (Lipinski definition) is 7. The summed E-state index contributed by atoms with van der Waals surface area (Å²) in [7, 11) is 3.57. The predicted octanol–water partition coefficient (Wildman–Crippen LogP) is 5.56. The first-order valence-corrected chi connectivity index (χ1v) is 19.7.